The summed E-state index contributed by atoms with van der Waals surface area (Å²) >= 11 is 5.66. The standard InChI is InChI=1S/C11H14ClN3O/c1-3-4-5-6-15(2)11(16)9-7-13-8-10(12)14-9/h3,7-8H,1,4-6H2,2H3. The summed E-state index contributed by atoms with van der Waals surface area (Å²) in [7, 11) is 1.73. The van der Waals surface area contributed by atoms with Gasteiger partial charge in [-0.2, -0.15) is 0 Å². The lowest BCUT2D eigenvalue weighted by molar-refractivity contribution is 0.0787. The van der Waals surface area contributed by atoms with Gasteiger partial charge in [0.15, 0.2) is 0 Å². The van der Waals surface area contributed by atoms with Gasteiger partial charge in [0.1, 0.15) is 10.8 Å². The minimum atomic E-state index is -0.168. The molecular weight excluding hydrogens is 226 g/mol. The highest BCUT2D eigenvalue weighted by atomic mass is 35.5. The Morgan fingerprint density at radius 1 is 1.62 bits per heavy atom. The summed E-state index contributed by atoms with van der Waals surface area (Å²) in [6.45, 7) is 4.29. The van der Waals surface area contributed by atoms with Gasteiger partial charge in [0.05, 0.1) is 12.4 Å². The van der Waals surface area contributed by atoms with E-state index >= 15 is 0 Å². The van der Waals surface area contributed by atoms with Gasteiger partial charge < -0.3 is 4.90 Å². The van der Waals surface area contributed by atoms with Crippen LogP contribution in [-0.2, 0) is 0 Å². The second-order valence-electron chi connectivity index (χ2n) is 3.38. The van der Waals surface area contributed by atoms with E-state index < -0.39 is 0 Å². The average molecular weight is 240 g/mol. The number of hydrogen-bond donors (Lipinski definition) is 0. The Hall–Kier alpha value is -1.42. The van der Waals surface area contributed by atoms with Crippen LogP contribution >= 0.6 is 11.6 Å². The van der Waals surface area contributed by atoms with Crippen LogP contribution in [0.3, 0.4) is 0 Å². The van der Waals surface area contributed by atoms with Crippen LogP contribution in [0.5, 0.6) is 0 Å². The van der Waals surface area contributed by atoms with Gasteiger partial charge in [0.2, 0.25) is 0 Å². The summed E-state index contributed by atoms with van der Waals surface area (Å²) in [5.41, 5.74) is 0.272. The van der Waals surface area contributed by atoms with Crippen molar-refractivity contribution >= 4 is 17.5 Å². The van der Waals surface area contributed by atoms with Crippen LogP contribution in [0.4, 0.5) is 0 Å². The molecule has 0 spiro atoms. The zero-order valence-corrected chi connectivity index (χ0v) is 9.94. The number of rotatable bonds is 5. The van der Waals surface area contributed by atoms with Gasteiger partial charge in [-0.25, -0.2) is 4.98 Å². The highest BCUT2D eigenvalue weighted by Gasteiger charge is 2.13. The van der Waals surface area contributed by atoms with Gasteiger partial charge >= 0.3 is 0 Å². The monoisotopic (exact) mass is 239 g/mol. The van der Waals surface area contributed by atoms with Gasteiger partial charge in [-0.3, -0.25) is 9.78 Å². The fraction of sp³-hybridized carbons (Fsp3) is 0.364. The van der Waals surface area contributed by atoms with E-state index in [1.54, 1.807) is 11.9 Å². The topological polar surface area (TPSA) is 46.1 Å². The van der Waals surface area contributed by atoms with E-state index in [2.05, 4.69) is 16.5 Å². The summed E-state index contributed by atoms with van der Waals surface area (Å²) in [5.74, 6) is -0.168. The van der Waals surface area contributed by atoms with Crippen LogP contribution in [0.1, 0.15) is 23.3 Å². The number of hydrogen-bond acceptors (Lipinski definition) is 3. The van der Waals surface area contributed by atoms with E-state index in [9.17, 15) is 4.79 Å². The van der Waals surface area contributed by atoms with E-state index in [0.29, 0.717) is 6.54 Å². The van der Waals surface area contributed by atoms with Crippen molar-refractivity contribution in [3.63, 3.8) is 0 Å². The quantitative estimate of drug-likeness (QED) is 0.584. The molecule has 0 aliphatic carbocycles. The number of carbonyl (C=O) groups excluding carboxylic acids is 1. The number of halogens is 1. The summed E-state index contributed by atoms with van der Waals surface area (Å²) < 4.78 is 0. The van der Waals surface area contributed by atoms with E-state index in [-0.39, 0.29) is 16.8 Å². The predicted octanol–water partition coefficient (Wildman–Crippen LogP) is 2.17. The Kier molecular flexibility index (Phi) is 4.92. The molecule has 0 aliphatic heterocycles. The molecule has 0 saturated heterocycles. The molecular formula is C11H14ClN3O. The first-order chi connectivity index (χ1) is 7.65. The highest BCUT2D eigenvalue weighted by Crippen LogP contribution is 2.05. The predicted molar refractivity (Wildman–Crippen MR) is 63.4 cm³/mol. The molecule has 5 heteroatoms. The second-order valence-corrected chi connectivity index (χ2v) is 3.77. The summed E-state index contributed by atoms with van der Waals surface area (Å²) in [4.78, 5) is 21.2. The third-order valence-electron chi connectivity index (χ3n) is 2.07. The van der Waals surface area contributed by atoms with E-state index in [1.165, 1.54) is 12.4 Å². The minimum Gasteiger partial charge on any atom is -0.340 e. The Morgan fingerprint density at radius 3 is 3.00 bits per heavy atom. The second kappa shape index (κ2) is 6.23. The van der Waals surface area contributed by atoms with Crippen molar-refractivity contribution in [3.8, 4) is 0 Å². The molecule has 0 N–H and O–H groups in total. The van der Waals surface area contributed by atoms with Crippen LogP contribution in [0, 0.1) is 0 Å². The molecule has 16 heavy (non-hydrogen) atoms. The van der Waals surface area contributed by atoms with Crippen LogP contribution in [0.25, 0.3) is 0 Å². The average Bonchev–Trinajstić information content (AvgIpc) is 2.28. The highest BCUT2D eigenvalue weighted by molar-refractivity contribution is 6.29. The molecule has 0 bridgehead atoms. The summed E-state index contributed by atoms with van der Waals surface area (Å²) in [6, 6.07) is 0. The Morgan fingerprint density at radius 2 is 2.38 bits per heavy atom. The lowest BCUT2D eigenvalue weighted by Crippen LogP contribution is -2.28. The largest absolute Gasteiger partial charge is 0.340 e. The van der Waals surface area contributed by atoms with Gasteiger partial charge in [-0.05, 0) is 12.8 Å². The molecule has 1 amide bonds. The van der Waals surface area contributed by atoms with Gasteiger partial charge in [-0.15, -0.1) is 6.58 Å². The molecule has 1 heterocycles. The molecule has 0 fully saturated rings. The lowest BCUT2D eigenvalue weighted by atomic mass is 10.3. The smallest absolute Gasteiger partial charge is 0.273 e. The molecule has 1 aromatic heterocycles. The molecule has 0 unspecified atom stereocenters. The van der Waals surface area contributed by atoms with E-state index in [0.717, 1.165) is 12.8 Å². The van der Waals surface area contributed by atoms with Gasteiger partial charge in [0.25, 0.3) is 5.91 Å². The van der Waals surface area contributed by atoms with E-state index in [1.807, 2.05) is 6.08 Å². The fourth-order valence-electron chi connectivity index (χ4n) is 1.22. The molecule has 0 aromatic carbocycles. The first kappa shape index (κ1) is 12.6. The van der Waals surface area contributed by atoms with Crippen molar-refractivity contribution in [2.24, 2.45) is 0 Å². The van der Waals surface area contributed by atoms with Crippen LogP contribution in [-0.4, -0.2) is 34.4 Å². The van der Waals surface area contributed by atoms with Crippen LogP contribution < -0.4 is 0 Å². The zero-order valence-electron chi connectivity index (χ0n) is 9.19. The molecule has 1 rings (SSSR count). The molecule has 0 radical (unpaired) electrons. The van der Waals surface area contributed by atoms with Gasteiger partial charge in [-0.1, -0.05) is 17.7 Å². The molecule has 0 aliphatic rings. The van der Waals surface area contributed by atoms with Crippen LogP contribution in [0.15, 0.2) is 25.0 Å². The first-order valence-electron chi connectivity index (χ1n) is 4.99. The maximum absolute atomic E-state index is 11.8. The van der Waals surface area contributed by atoms with Crippen molar-refractivity contribution < 1.29 is 4.79 Å². The van der Waals surface area contributed by atoms with Crippen molar-refractivity contribution in [3.05, 3.63) is 35.9 Å². The van der Waals surface area contributed by atoms with Crippen LogP contribution in [0.2, 0.25) is 5.15 Å². The minimum absolute atomic E-state index is 0.168. The lowest BCUT2D eigenvalue weighted by Gasteiger charge is -2.15. The van der Waals surface area contributed by atoms with Crippen molar-refractivity contribution in [1.29, 1.82) is 0 Å². The Bertz CT molecular complexity index is 381. The fourth-order valence-corrected chi connectivity index (χ4v) is 1.36. The molecule has 1 aromatic rings. The van der Waals surface area contributed by atoms with Crippen molar-refractivity contribution in [1.82, 2.24) is 14.9 Å². The Labute approximate surface area is 100.0 Å². The summed E-state index contributed by atoms with van der Waals surface area (Å²) in [6.07, 6.45) is 6.42. The Balaban J connectivity index is 2.59. The van der Waals surface area contributed by atoms with E-state index in [4.69, 9.17) is 11.6 Å². The number of unbranched alkanes of at least 4 members (excludes halogenated alkanes) is 1. The zero-order chi connectivity index (χ0) is 12.0. The van der Waals surface area contributed by atoms with Gasteiger partial charge in [0, 0.05) is 13.6 Å². The maximum Gasteiger partial charge on any atom is 0.273 e. The van der Waals surface area contributed by atoms with Crippen molar-refractivity contribution in [2.45, 2.75) is 12.8 Å². The number of allylic oxidation sites excluding steroid dienone is 1. The molecule has 0 saturated carbocycles. The van der Waals surface area contributed by atoms with Crippen molar-refractivity contribution in [2.75, 3.05) is 13.6 Å². The summed E-state index contributed by atoms with van der Waals surface area (Å²) in [5, 5.41) is 0.227. The number of nitrogens with zero attached hydrogens (tertiary/aromatic N) is 3. The molecule has 0 atom stereocenters. The SMILES string of the molecule is C=CCCCN(C)C(=O)c1cncc(Cl)n1. The third kappa shape index (κ3) is 3.62. The molecule has 86 valence electrons. The normalized spacial score (nSPS) is 9.88. The number of amides is 1. The molecule has 4 nitrogen and oxygen atoms in total. The number of aromatic nitrogens is 2. The first-order valence-corrected chi connectivity index (χ1v) is 5.37. The number of carbonyl (C=O) groups is 1. The third-order valence-corrected chi connectivity index (χ3v) is 2.25. The maximum atomic E-state index is 11.8.